The lowest BCUT2D eigenvalue weighted by atomic mass is 9.95. The number of hydrogen-bond acceptors (Lipinski definition) is 4. The van der Waals surface area contributed by atoms with Crippen LogP contribution in [0.4, 0.5) is 4.79 Å². The van der Waals surface area contributed by atoms with Crippen molar-refractivity contribution in [3.63, 3.8) is 0 Å². The Kier molecular flexibility index (Phi) is 4.19. The van der Waals surface area contributed by atoms with E-state index in [1.165, 1.54) is 0 Å². The number of ether oxygens (including phenoxy) is 1. The fourth-order valence-corrected chi connectivity index (χ4v) is 2.97. The second-order valence-electron chi connectivity index (χ2n) is 6.87. The van der Waals surface area contributed by atoms with Gasteiger partial charge in [-0.15, -0.1) is 0 Å². The molecule has 1 unspecified atom stereocenters. The van der Waals surface area contributed by atoms with Crippen LogP contribution in [0.25, 0.3) is 5.65 Å². The number of fused-ring (bicyclic) bond motifs is 1. The van der Waals surface area contributed by atoms with Gasteiger partial charge in [0.15, 0.2) is 5.65 Å². The lowest BCUT2D eigenvalue weighted by molar-refractivity contribution is 0.0197. The van der Waals surface area contributed by atoms with E-state index in [-0.39, 0.29) is 12.0 Å². The molecule has 0 spiro atoms. The summed E-state index contributed by atoms with van der Waals surface area (Å²) in [5.41, 5.74) is 1.16. The van der Waals surface area contributed by atoms with Crippen molar-refractivity contribution in [1.29, 1.82) is 0 Å². The van der Waals surface area contributed by atoms with E-state index in [2.05, 4.69) is 10.1 Å². The van der Waals surface area contributed by atoms with Gasteiger partial charge in [-0.1, -0.05) is 11.6 Å². The van der Waals surface area contributed by atoms with Crippen LogP contribution < -0.4 is 0 Å². The molecule has 6 nitrogen and oxygen atoms in total. The molecule has 1 atom stereocenters. The Bertz CT molecular complexity index is 722. The molecule has 1 aliphatic rings. The fourth-order valence-electron chi connectivity index (χ4n) is 2.79. The standard InChI is InChI=1S/C16H21ClN4O2/c1-16(2,3)23-15(22)20-8-4-5-11(10-20)12-9-14-18-7-6-13(17)21(14)19-12/h6-7,9,11H,4-5,8,10H2,1-3H3. The molecule has 7 heteroatoms. The Balaban J connectivity index is 1.77. The molecule has 0 aliphatic carbocycles. The molecule has 1 saturated heterocycles. The number of likely N-dealkylation sites (tertiary alicyclic amines) is 1. The van der Waals surface area contributed by atoms with E-state index in [0.29, 0.717) is 11.7 Å². The van der Waals surface area contributed by atoms with E-state index in [0.717, 1.165) is 30.7 Å². The van der Waals surface area contributed by atoms with Crippen LogP contribution in [0.1, 0.15) is 45.2 Å². The molecule has 0 bridgehead atoms. The first-order valence-electron chi connectivity index (χ1n) is 7.81. The Morgan fingerprint density at radius 2 is 2.22 bits per heavy atom. The van der Waals surface area contributed by atoms with Gasteiger partial charge in [-0.25, -0.2) is 14.3 Å². The molecule has 1 amide bonds. The number of piperidine rings is 1. The molecular formula is C16H21ClN4O2. The van der Waals surface area contributed by atoms with Crippen molar-refractivity contribution in [1.82, 2.24) is 19.5 Å². The van der Waals surface area contributed by atoms with Gasteiger partial charge < -0.3 is 9.64 Å². The van der Waals surface area contributed by atoms with Crippen molar-refractivity contribution in [3.8, 4) is 0 Å². The predicted molar refractivity (Wildman–Crippen MR) is 87.8 cm³/mol. The number of carbonyl (C=O) groups is 1. The summed E-state index contributed by atoms with van der Waals surface area (Å²) in [5.74, 6) is 0.175. The third-order valence-corrected chi connectivity index (χ3v) is 4.11. The summed E-state index contributed by atoms with van der Waals surface area (Å²) in [6.07, 6.45) is 3.32. The molecule has 0 aromatic carbocycles. The predicted octanol–water partition coefficient (Wildman–Crippen LogP) is 3.50. The summed E-state index contributed by atoms with van der Waals surface area (Å²) in [5, 5.41) is 5.08. The van der Waals surface area contributed by atoms with E-state index >= 15 is 0 Å². The zero-order valence-electron chi connectivity index (χ0n) is 13.6. The third-order valence-electron chi connectivity index (χ3n) is 3.82. The quantitative estimate of drug-likeness (QED) is 0.748. The monoisotopic (exact) mass is 336 g/mol. The summed E-state index contributed by atoms with van der Waals surface area (Å²) >= 11 is 6.14. The number of rotatable bonds is 1. The first-order valence-corrected chi connectivity index (χ1v) is 8.19. The third kappa shape index (κ3) is 3.58. The maximum atomic E-state index is 12.3. The molecule has 2 aromatic rings. The van der Waals surface area contributed by atoms with Gasteiger partial charge >= 0.3 is 6.09 Å². The minimum Gasteiger partial charge on any atom is -0.444 e. The first kappa shape index (κ1) is 16.1. The van der Waals surface area contributed by atoms with Crippen molar-refractivity contribution in [3.05, 3.63) is 29.2 Å². The van der Waals surface area contributed by atoms with Crippen LogP contribution in [0.2, 0.25) is 5.15 Å². The average Bonchev–Trinajstić information content (AvgIpc) is 2.91. The van der Waals surface area contributed by atoms with Crippen LogP contribution in [0.3, 0.4) is 0 Å². The molecule has 0 N–H and O–H groups in total. The second kappa shape index (κ2) is 6.00. The molecular weight excluding hydrogens is 316 g/mol. The Morgan fingerprint density at radius 3 is 2.91 bits per heavy atom. The van der Waals surface area contributed by atoms with Crippen molar-refractivity contribution in [2.45, 2.75) is 45.1 Å². The number of amides is 1. The number of aromatic nitrogens is 3. The molecule has 3 rings (SSSR count). The van der Waals surface area contributed by atoms with Crippen LogP contribution in [0, 0.1) is 0 Å². The summed E-state index contributed by atoms with van der Waals surface area (Å²) in [7, 11) is 0. The highest BCUT2D eigenvalue weighted by Crippen LogP contribution is 2.28. The Labute approximate surface area is 140 Å². The zero-order valence-corrected chi connectivity index (χ0v) is 14.4. The van der Waals surface area contributed by atoms with Crippen LogP contribution >= 0.6 is 11.6 Å². The molecule has 23 heavy (non-hydrogen) atoms. The van der Waals surface area contributed by atoms with E-state index < -0.39 is 5.60 Å². The van der Waals surface area contributed by atoms with Gasteiger partial charge in [0.05, 0.1) is 5.69 Å². The van der Waals surface area contributed by atoms with E-state index in [9.17, 15) is 4.79 Å². The van der Waals surface area contributed by atoms with E-state index in [1.54, 1.807) is 21.7 Å². The molecule has 1 fully saturated rings. The topological polar surface area (TPSA) is 59.7 Å². The smallest absolute Gasteiger partial charge is 0.410 e. The van der Waals surface area contributed by atoms with Crippen molar-refractivity contribution < 1.29 is 9.53 Å². The normalized spacial score (nSPS) is 19.1. The van der Waals surface area contributed by atoms with E-state index in [1.807, 2.05) is 26.8 Å². The van der Waals surface area contributed by atoms with Crippen LogP contribution in [-0.4, -0.2) is 44.3 Å². The Morgan fingerprint density at radius 1 is 1.43 bits per heavy atom. The molecule has 3 heterocycles. The highest BCUT2D eigenvalue weighted by atomic mass is 35.5. The van der Waals surface area contributed by atoms with Crippen LogP contribution in [0.15, 0.2) is 18.3 Å². The van der Waals surface area contributed by atoms with Gasteiger partial charge in [-0.05, 0) is 39.7 Å². The lowest BCUT2D eigenvalue weighted by Crippen LogP contribution is -2.42. The number of carbonyl (C=O) groups excluding carboxylic acids is 1. The number of hydrogen-bond donors (Lipinski definition) is 0. The van der Waals surface area contributed by atoms with Crippen molar-refractivity contribution in [2.24, 2.45) is 0 Å². The molecule has 0 saturated carbocycles. The molecule has 1 aliphatic heterocycles. The second-order valence-corrected chi connectivity index (χ2v) is 7.26. The fraction of sp³-hybridized carbons (Fsp3) is 0.562. The molecule has 0 radical (unpaired) electrons. The first-order chi connectivity index (χ1) is 10.8. The zero-order chi connectivity index (χ0) is 16.6. The lowest BCUT2D eigenvalue weighted by Gasteiger charge is -2.33. The molecule has 124 valence electrons. The van der Waals surface area contributed by atoms with Gasteiger partial charge in [0.25, 0.3) is 0 Å². The van der Waals surface area contributed by atoms with Crippen molar-refractivity contribution >= 4 is 23.3 Å². The maximum Gasteiger partial charge on any atom is 0.410 e. The average molecular weight is 337 g/mol. The Hall–Kier alpha value is -1.82. The van der Waals surface area contributed by atoms with Gasteiger partial charge in [0.2, 0.25) is 0 Å². The summed E-state index contributed by atoms with van der Waals surface area (Å²) < 4.78 is 7.10. The largest absolute Gasteiger partial charge is 0.444 e. The van der Waals surface area contributed by atoms with E-state index in [4.69, 9.17) is 16.3 Å². The summed E-state index contributed by atoms with van der Waals surface area (Å²) in [4.78, 5) is 18.3. The highest BCUT2D eigenvalue weighted by molar-refractivity contribution is 6.29. The highest BCUT2D eigenvalue weighted by Gasteiger charge is 2.29. The van der Waals surface area contributed by atoms with Crippen LogP contribution in [-0.2, 0) is 4.74 Å². The van der Waals surface area contributed by atoms with Crippen LogP contribution in [0.5, 0.6) is 0 Å². The SMILES string of the molecule is CC(C)(C)OC(=O)N1CCCC(c2cc3nccc(Cl)n3n2)C1. The minimum atomic E-state index is -0.482. The summed E-state index contributed by atoms with van der Waals surface area (Å²) in [6, 6.07) is 3.65. The maximum absolute atomic E-state index is 12.3. The van der Waals surface area contributed by atoms with Gasteiger partial charge in [-0.3, -0.25) is 0 Å². The number of halogens is 1. The van der Waals surface area contributed by atoms with Gasteiger partial charge in [0.1, 0.15) is 10.8 Å². The number of nitrogens with zero attached hydrogens (tertiary/aromatic N) is 4. The minimum absolute atomic E-state index is 0.175. The van der Waals surface area contributed by atoms with Gasteiger partial charge in [0, 0.05) is 31.3 Å². The summed E-state index contributed by atoms with van der Waals surface area (Å²) in [6.45, 7) is 6.96. The molecule has 2 aromatic heterocycles. The van der Waals surface area contributed by atoms with Crippen molar-refractivity contribution in [2.75, 3.05) is 13.1 Å². The van der Waals surface area contributed by atoms with Gasteiger partial charge in [-0.2, -0.15) is 5.10 Å².